The maximum Gasteiger partial charge on any atom is 0.396 e. The fourth-order valence-electron chi connectivity index (χ4n) is 1.64. The maximum atomic E-state index is 11.0. The van der Waals surface area contributed by atoms with Gasteiger partial charge in [-0.15, -0.1) is 11.3 Å². The van der Waals surface area contributed by atoms with Gasteiger partial charge in [0.05, 0.1) is 12.1 Å². The fraction of sp³-hybridized carbons (Fsp3) is 0.364. The first-order valence-electron chi connectivity index (χ1n) is 5.83. The summed E-state index contributed by atoms with van der Waals surface area (Å²) in [6, 6.07) is 0. The molecule has 0 unspecified atom stereocenters. The molecular weight excluding hydrogens is 316 g/mol. The average molecular weight is 328 g/mol. The van der Waals surface area contributed by atoms with Crippen molar-refractivity contribution in [3.8, 4) is 0 Å². The summed E-state index contributed by atoms with van der Waals surface area (Å²) in [5.41, 5.74) is 0.631. The highest BCUT2D eigenvalue weighted by molar-refractivity contribution is 8.01. The third-order valence-corrected chi connectivity index (χ3v) is 5.16. The van der Waals surface area contributed by atoms with Crippen molar-refractivity contribution in [3.63, 3.8) is 0 Å². The molecule has 2 aromatic rings. The normalized spacial score (nSPS) is 10.8. The van der Waals surface area contributed by atoms with Crippen LogP contribution in [0, 0.1) is 24.0 Å². The van der Waals surface area contributed by atoms with Gasteiger partial charge >= 0.3 is 11.8 Å². The van der Waals surface area contributed by atoms with Crippen LogP contribution in [-0.2, 0) is 18.3 Å². The largest absolute Gasteiger partial charge is 0.481 e. The van der Waals surface area contributed by atoms with E-state index in [9.17, 15) is 14.9 Å². The molecule has 0 aliphatic heterocycles. The molecule has 10 heteroatoms. The summed E-state index contributed by atoms with van der Waals surface area (Å²) < 4.78 is 2.19. The predicted octanol–water partition coefficient (Wildman–Crippen LogP) is 2.18. The molecule has 0 aromatic carbocycles. The zero-order chi connectivity index (χ0) is 15.7. The number of hydrogen-bond donors (Lipinski definition) is 1. The molecule has 1 N–H and O–H groups in total. The Hall–Kier alpha value is -1.94. The van der Waals surface area contributed by atoms with Gasteiger partial charge in [-0.1, -0.05) is 0 Å². The van der Waals surface area contributed by atoms with Gasteiger partial charge in [-0.3, -0.25) is 9.36 Å². The number of nitro groups is 1. The first-order valence-corrected chi connectivity index (χ1v) is 7.46. The van der Waals surface area contributed by atoms with Crippen LogP contribution in [0.3, 0.4) is 0 Å². The minimum atomic E-state index is -0.930. The van der Waals surface area contributed by atoms with Gasteiger partial charge in [0.2, 0.25) is 5.82 Å². The molecule has 0 radical (unpaired) electrons. The molecule has 0 saturated carbocycles. The summed E-state index contributed by atoms with van der Waals surface area (Å²) in [6.07, 6.45) is -0.101. The first kappa shape index (κ1) is 15.4. The minimum absolute atomic E-state index is 0.101. The molecule has 0 bridgehead atoms. The molecule has 0 amide bonds. The lowest BCUT2D eigenvalue weighted by molar-refractivity contribution is -0.392. The molecule has 0 atom stereocenters. The van der Waals surface area contributed by atoms with E-state index in [1.165, 1.54) is 11.3 Å². The summed E-state index contributed by atoms with van der Waals surface area (Å²) in [7, 11) is 1.69. The van der Waals surface area contributed by atoms with E-state index < -0.39 is 10.9 Å². The molecule has 0 spiro atoms. The third kappa shape index (κ3) is 3.22. The van der Waals surface area contributed by atoms with Crippen molar-refractivity contribution >= 4 is 34.9 Å². The Kier molecular flexibility index (Phi) is 4.28. The van der Waals surface area contributed by atoms with Crippen LogP contribution in [-0.4, -0.2) is 30.5 Å². The number of carboxylic acid groups (broad SMARTS) is 1. The number of nitrogens with zero attached hydrogens (tertiary/aromatic N) is 4. The molecule has 112 valence electrons. The Balaban J connectivity index is 2.34. The van der Waals surface area contributed by atoms with Crippen LogP contribution in [0.1, 0.15) is 16.4 Å². The Morgan fingerprint density at radius 3 is 2.71 bits per heavy atom. The van der Waals surface area contributed by atoms with E-state index in [1.807, 2.05) is 0 Å². The van der Waals surface area contributed by atoms with Gasteiger partial charge in [0.15, 0.2) is 9.37 Å². The highest BCUT2D eigenvalue weighted by Gasteiger charge is 2.26. The maximum absolute atomic E-state index is 11.0. The number of thiazole rings is 1. The number of aryl methyl sites for hydroxylation is 2. The molecule has 2 aromatic heterocycles. The number of carboxylic acids is 1. The van der Waals surface area contributed by atoms with E-state index in [1.54, 1.807) is 25.5 Å². The van der Waals surface area contributed by atoms with Gasteiger partial charge in [0.25, 0.3) is 0 Å². The summed E-state index contributed by atoms with van der Waals surface area (Å²) in [4.78, 5) is 30.1. The summed E-state index contributed by atoms with van der Waals surface area (Å²) >= 11 is 2.35. The Labute approximate surface area is 128 Å². The van der Waals surface area contributed by atoms with Crippen LogP contribution < -0.4 is 0 Å². The lowest BCUT2D eigenvalue weighted by Crippen LogP contribution is -1.99. The third-order valence-electron chi connectivity index (χ3n) is 2.79. The first-order chi connectivity index (χ1) is 9.79. The van der Waals surface area contributed by atoms with Crippen molar-refractivity contribution in [2.75, 3.05) is 0 Å². The lowest BCUT2D eigenvalue weighted by Gasteiger charge is -1.99. The van der Waals surface area contributed by atoms with Gasteiger partial charge in [-0.05, 0) is 28.6 Å². The quantitative estimate of drug-likeness (QED) is 0.661. The van der Waals surface area contributed by atoms with E-state index in [4.69, 9.17) is 5.11 Å². The number of hydrogen-bond acceptors (Lipinski definition) is 7. The highest BCUT2D eigenvalue weighted by atomic mass is 32.2. The molecule has 8 nitrogen and oxygen atoms in total. The molecule has 0 aliphatic carbocycles. The van der Waals surface area contributed by atoms with Crippen molar-refractivity contribution < 1.29 is 14.8 Å². The van der Waals surface area contributed by atoms with Crippen LogP contribution in [0.2, 0.25) is 0 Å². The summed E-state index contributed by atoms with van der Waals surface area (Å²) in [6.45, 7) is 3.40. The second kappa shape index (κ2) is 5.82. The number of carbonyl (C=O) groups is 1. The molecule has 0 aliphatic rings. The van der Waals surface area contributed by atoms with Crippen molar-refractivity contribution in [1.29, 1.82) is 0 Å². The molecule has 2 rings (SSSR count). The Morgan fingerprint density at radius 2 is 2.14 bits per heavy atom. The van der Waals surface area contributed by atoms with Gasteiger partial charge in [-0.2, -0.15) is 0 Å². The van der Waals surface area contributed by atoms with E-state index >= 15 is 0 Å². The van der Waals surface area contributed by atoms with Crippen LogP contribution in [0.4, 0.5) is 5.82 Å². The van der Waals surface area contributed by atoms with Crippen LogP contribution >= 0.6 is 23.1 Å². The second-order valence-electron chi connectivity index (χ2n) is 4.26. The lowest BCUT2D eigenvalue weighted by atomic mass is 10.3. The van der Waals surface area contributed by atoms with E-state index in [0.29, 0.717) is 25.8 Å². The van der Waals surface area contributed by atoms with Gasteiger partial charge in [0.1, 0.15) is 0 Å². The number of aliphatic carboxylic acids is 1. The highest BCUT2D eigenvalue weighted by Crippen LogP contribution is 2.37. The van der Waals surface area contributed by atoms with Crippen LogP contribution in [0.15, 0.2) is 9.37 Å². The van der Waals surface area contributed by atoms with E-state index in [-0.39, 0.29) is 12.2 Å². The number of imidazole rings is 1. The summed E-state index contributed by atoms with van der Waals surface area (Å²) in [5.74, 6) is -0.614. The van der Waals surface area contributed by atoms with Gasteiger partial charge < -0.3 is 15.2 Å². The number of rotatable bonds is 5. The zero-order valence-corrected chi connectivity index (χ0v) is 13.1. The Morgan fingerprint density at radius 1 is 1.48 bits per heavy atom. The second-order valence-corrected chi connectivity index (χ2v) is 6.58. The molecule has 0 saturated heterocycles. The smallest absolute Gasteiger partial charge is 0.396 e. The predicted molar refractivity (Wildman–Crippen MR) is 76.9 cm³/mol. The van der Waals surface area contributed by atoms with Crippen molar-refractivity contribution in [3.05, 3.63) is 26.5 Å². The Bertz CT molecular complexity index is 722. The standard InChI is InChI=1S/C11H12N4O4S2/c1-5-7(4-8(16)17)20-11(12-5)21-10-9(15(18)19)13-6(2)14(10)3/h4H2,1-3H3,(H,16,17). The van der Waals surface area contributed by atoms with E-state index in [2.05, 4.69) is 9.97 Å². The SMILES string of the molecule is Cc1nc(Sc2c([N+](=O)[O-])nc(C)n2C)sc1CC(=O)O. The monoisotopic (exact) mass is 328 g/mol. The van der Waals surface area contributed by atoms with Crippen LogP contribution in [0.25, 0.3) is 0 Å². The van der Waals surface area contributed by atoms with Gasteiger partial charge in [0, 0.05) is 18.8 Å². The van der Waals surface area contributed by atoms with Crippen molar-refractivity contribution in [2.45, 2.75) is 29.6 Å². The topological polar surface area (TPSA) is 111 Å². The molecule has 2 heterocycles. The minimum Gasteiger partial charge on any atom is -0.481 e. The molecule has 21 heavy (non-hydrogen) atoms. The number of aromatic nitrogens is 3. The fourth-order valence-corrected chi connectivity index (χ4v) is 3.95. The molecule has 0 fully saturated rings. The van der Waals surface area contributed by atoms with Gasteiger partial charge in [-0.25, -0.2) is 4.98 Å². The average Bonchev–Trinajstić information content (AvgIpc) is 2.84. The van der Waals surface area contributed by atoms with Crippen molar-refractivity contribution in [1.82, 2.24) is 14.5 Å². The summed E-state index contributed by atoms with van der Waals surface area (Å²) in [5, 5.41) is 20.2. The zero-order valence-electron chi connectivity index (χ0n) is 11.5. The van der Waals surface area contributed by atoms with Crippen LogP contribution in [0.5, 0.6) is 0 Å². The van der Waals surface area contributed by atoms with Crippen molar-refractivity contribution in [2.24, 2.45) is 7.05 Å². The van der Waals surface area contributed by atoms with E-state index in [0.717, 1.165) is 11.8 Å². The molecular formula is C11H12N4O4S2.